The molecule has 0 aromatic heterocycles. The van der Waals surface area contributed by atoms with Gasteiger partial charge in [-0.25, -0.2) is 0 Å². The summed E-state index contributed by atoms with van der Waals surface area (Å²) >= 11 is 0. The zero-order chi connectivity index (χ0) is 11.8. The van der Waals surface area contributed by atoms with E-state index in [-0.39, 0.29) is 0 Å². The Hall–Kier alpha value is -1.06. The fourth-order valence-electron chi connectivity index (χ4n) is 1.54. The molecule has 16 heavy (non-hydrogen) atoms. The summed E-state index contributed by atoms with van der Waals surface area (Å²) in [6.45, 7) is 6.44. The van der Waals surface area contributed by atoms with Gasteiger partial charge in [-0.05, 0) is 31.2 Å². The lowest BCUT2D eigenvalue weighted by atomic mass is 10.1. The van der Waals surface area contributed by atoms with Gasteiger partial charge in [0.2, 0.25) is 0 Å². The highest BCUT2D eigenvalue weighted by Crippen LogP contribution is 2.18. The second-order valence-corrected chi connectivity index (χ2v) is 3.69. The van der Waals surface area contributed by atoms with E-state index in [9.17, 15) is 0 Å². The fourth-order valence-corrected chi connectivity index (χ4v) is 1.54. The van der Waals surface area contributed by atoms with Gasteiger partial charge in [-0.15, -0.1) is 0 Å². The van der Waals surface area contributed by atoms with Crippen LogP contribution in [0.3, 0.4) is 0 Å². The van der Waals surface area contributed by atoms with Crippen molar-refractivity contribution in [1.29, 1.82) is 0 Å². The predicted molar refractivity (Wildman–Crippen MR) is 65.9 cm³/mol. The van der Waals surface area contributed by atoms with Gasteiger partial charge in [0.25, 0.3) is 0 Å². The minimum atomic E-state index is 0.357. The van der Waals surface area contributed by atoms with Gasteiger partial charge in [0.1, 0.15) is 12.4 Å². The third-order valence-corrected chi connectivity index (χ3v) is 2.42. The molecule has 1 rings (SSSR count). The monoisotopic (exact) mass is 223 g/mol. The molecule has 1 aromatic carbocycles. The zero-order valence-electron chi connectivity index (χ0n) is 10.3. The molecule has 0 heterocycles. The Bertz CT molecular complexity index is 302. The lowest BCUT2D eigenvalue weighted by Gasteiger charge is -2.14. The van der Waals surface area contributed by atoms with E-state index in [4.69, 9.17) is 9.47 Å². The zero-order valence-corrected chi connectivity index (χ0v) is 10.3. The largest absolute Gasteiger partial charge is 0.491 e. The Morgan fingerprint density at radius 3 is 2.81 bits per heavy atom. The topological polar surface area (TPSA) is 30.5 Å². The molecule has 3 heteroatoms. The van der Waals surface area contributed by atoms with Gasteiger partial charge < -0.3 is 14.8 Å². The minimum absolute atomic E-state index is 0.357. The van der Waals surface area contributed by atoms with E-state index >= 15 is 0 Å². The summed E-state index contributed by atoms with van der Waals surface area (Å²) in [5, 5.41) is 3.38. The fraction of sp³-hybridized carbons (Fsp3) is 0.538. The molecule has 1 N–H and O–H groups in total. The molecule has 0 saturated carbocycles. The number of hydrogen-bond donors (Lipinski definition) is 1. The van der Waals surface area contributed by atoms with Crippen molar-refractivity contribution in [2.45, 2.75) is 19.9 Å². The second-order valence-electron chi connectivity index (χ2n) is 3.69. The maximum absolute atomic E-state index is 5.56. The quantitative estimate of drug-likeness (QED) is 0.720. The first-order chi connectivity index (χ1) is 7.77. The van der Waals surface area contributed by atoms with Crippen molar-refractivity contribution in [3.05, 3.63) is 29.8 Å². The number of nitrogens with one attached hydrogen (secondary N) is 1. The molecule has 90 valence electrons. The summed E-state index contributed by atoms with van der Waals surface area (Å²) in [4.78, 5) is 0. The van der Waals surface area contributed by atoms with Crippen molar-refractivity contribution in [3.8, 4) is 5.75 Å². The van der Waals surface area contributed by atoms with Crippen molar-refractivity contribution in [3.63, 3.8) is 0 Å². The third kappa shape index (κ3) is 4.21. The molecular weight excluding hydrogens is 202 g/mol. The van der Waals surface area contributed by atoms with Gasteiger partial charge in [0.15, 0.2) is 0 Å². The van der Waals surface area contributed by atoms with Crippen molar-refractivity contribution in [2.75, 3.05) is 26.9 Å². The van der Waals surface area contributed by atoms with Crippen LogP contribution in [-0.2, 0) is 4.74 Å². The average molecular weight is 223 g/mol. The Kier molecular flexibility index (Phi) is 5.90. The van der Waals surface area contributed by atoms with Crippen LogP contribution in [0.1, 0.15) is 25.5 Å². The van der Waals surface area contributed by atoms with E-state index in [2.05, 4.69) is 31.3 Å². The van der Waals surface area contributed by atoms with E-state index in [1.807, 2.05) is 12.1 Å². The van der Waals surface area contributed by atoms with Crippen LogP contribution < -0.4 is 10.1 Å². The molecule has 3 nitrogen and oxygen atoms in total. The average Bonchev–Trinajstić information content (AvgIpc) is 2.30. The number of ether oxygens (including phenoxy) is 2. The van der Waals surface area contributed by atoms with E-state index in [0.29, 0.717) is 19.3 Å². The van der Waals surface area contributed by atoms with Crippen LogP contribution in [-0.4, -0.2) is 26.9 Å². The first-order valence-electron chi connectivity index (χ1n) is 5.73. The molecule has 0 aliphatic carbocycles. The summed E-state index contributed by atoms with van der Waals surface area (Å²) in [5.41, 5.74) is 1.25. The maximum atomic E-state index is 5.56. The third-order valence-electron chi connectivity index (χ3n) is 2.42. The van der Waals surface area contributed by atoms with Crippen LogP contribution in [0.2, 0.25) is 0 Å². The minimum Gasteiger partial charge on any atom is -0.491 e. The molecule has 0 aliphatic rings. The smallest absolute Gasteiger partial charge is 0.119 e. The van der Waals surface area contributed by atoms with Gasteiger partial charge in [0, 0.05) is 13.2 Å². The van der Waals surface area contributed by atoms with Gasteiger partial charge in [-0.1, -0.05) is 19.1 Å². The standard InChI is InChI=1S/C13H21NO2/c1-4-14-11(2)12-6-5-7-13(10-12)16-9-8-15-3/h5-7,10-11,14H,4,8-9H2,1-3H3. The molecule has 0 bridgehead atoms. The molecular formula is C13H21NO2. The predicted octanol–water partition coefficient (Wildman–Crippen LogP) is 2.38. The summed E-state index contributed by atoms with van der Waals surface area (Å²) in [5.74, 6) is 0.902. The molecule has 1 aromatic rings. The van der Waals surface area contributed by atoms with Crippen LogP contribution in [0.5, 0.6) is 5.75 Å². The summed E-state index contributed by atoms with van der Waals surface area (Å²) in [6, 6.07) is 8.53. The molecule has 1 unspecified atom stereocenters. The lowest BCUT2D eigenvalue weighted by molar-refractivity contribution is 0.146. The molecule has 0 spiro atoms. The highest BCUT2D eigenvalue weighted by molar-refractivity contribution is 5.30. The van der Waals surface area contributed by atoms with Crippen molar-refractivity contribution < 1.29 is 9.47 Å². The van der Waals surface area contributed by atoms with Crippen LogP contribution in [0.15, 0.2) is 24.3 Å². The molecule has 0 radical (unpaired) electrons. The molecule has 0 fully saturated rings. The number of methoxy groups -OCH3 is 1. The Morgan fingerprint density at radius 2 is 2.12 bits per heavy atom. The number of rotatable bonds is 7. The van der Waals surface area contributed by atoms with E-state index < -0.39 is 0 Å². The van der Waals surface area contributed by atoms with Crippen LogP contribution in [0, 0.1) is 0 Å². The SMILES string of the molecule is CCNC(C)c1cccc(OCCOC)c1. The summed E-state index contributed by atoms with van der Waals surface area (Å²) < 4.78 is 10.5. The van der Waals surface area contributed by atoms with Gasteiger partial charge in [0.05, 0.1) is 6.61 Å². The first-order valence-corrected chi connectivity index (χ1v) is 5.73. The molecule has 0 amide bonds. The van der Waals surface area contributed by atoms with Crippen LogP contribution in [0.4, 0.5) is 0 Å². The first kappa shape index (κ1) is 13.0. The van der Waals surface area contributed by atoms with E-state index in [1.54, 1.807) is 7.11 Å². The van der Waals surface area contributed by atoms with Crippen LogP contribution in [0.25, 0.3) is 0 Å². The van der Waals surface area contributed by atoms with Gasteiger partial charge in [-0.2, -0.15) is 0 Å². The molecule has 1 atom stereocenters. The lowest BCUT2D eigenvalue weighted by Crippen LogP contribution is -2.17. The van der Waals surface area contributed by atoms with E-state index in [0.717, 1.165) is 12.3 Å². The molecule has 0 saturated heterocycles. The van der Waals surface area contributed by atoms with Gasteiger partial charge in [-0.3, -0.25) is 0 Å². The normalized spacial score (nSPS) is 12.4. The summed E-state index contributed by atoms with van der Waals surface area (Å²) in [7, 11) is 1.67. The second kappa shape index (κ2) is 7.25. The summed E-state index contributed by atoms with van der Waals surface area (Å²) in [6.07, 6.45) is 0. The number of benzene rings is 1. The van der Waals surface area contributed by atoms with Crippen molar-refractivity contribution in [2.24, 2.45) is 0 Å². The van der Waals surface area contributed by atoms with E-state index in [1.165, 1.54) is 5.56 Å². The Morgan fingerprint density at radius 1 is 1.31 bits per heavy atom. The van der Waals surface area contributed by atoms with Crippen molar-refractivity contribution >= 4 is 0 Å². The highest BCUT2D eigenvalue weighted by atomic mass is 16.5. The van der Waals surface area contributed by atoms with Crippen molar-refractivity contribution in [1.82, 2.24) is 5.32 Å². The van der Waals surface area contributed by atoms with Crippen LogP contribution >= 0.6 is 0 Å². The Labute approximate surface area is 97.8 Å². The maximum Gasteiger partial charge on any atom is 0.119 e. The Balaban J connectivity index is 2.56. The van der Waals surface area contributed by atoms with Gasteiger partial charge >= 0.3 is 0 Å². The molecule has 0 aliphatic heterocycles. The highest BCUT2D eigenvalue weighted by Gasteiger charge is 2.04. The number of hydrogen-bond acceptors (Lipinski definition) is 3.